The molecular weight excluding hydrogens is 308 g/mol. The van der Waals surface area contributed by atoms with E-state index in [0.29, 0.717) is 5.92 Å². The maximum absolute atomic E-state index is 12.9. The first kappa shape index (κ1) is 15.9. The smallest absolute Gasteiger partial charge is 0.253 e. The fourth-order valence-electron chi connectivity index (χ4n) is 3.95. The topological polar surface area (TPSA) is 25.2 Å². The number of nitrogens with zero attached hydrogens (tertiary/aromatic N) is 2. The molecule has 1 amide bonds. The maximum atomic E-state index is 12.9. The normalized spacial score (nSPS) is 17.4. The molecule has 1 aliphatic heterocycles. The van der Waals surface area contributed by atoms with Crippen molar-refractivity contribution >= 4 is 16.8 Å². The minimum atomic E-state index is 0.157. The fraction of sp³-hybridized carbons (Fsp3) is 0.318. The highest BCUT2D eigenvalue weighted by Gasteiger charge is 2.29. The van der Waals surface area contributed by atoms with Gasteiger partial charge in [0.05, 0.1) is 0 Å². The van der Waals surface area contributed by atoms with Crippen LogP contribution in [0.25, 0.3) is 10.9 Å². The zero-order valence-corrected chi connectivity index (χ0v) is 15.1. The number of fused-ring (bicyclic) bond motifs is 1. The van der Waals surface area contributed by atoms with Crippen LogP contribution >= 0.6 is 0 Å². The first-order chi connectivity index (χ1) is 12.0. The van der Waals surface area contributed by atoms with Crippen LogP contribution in [0.3, 0.4) is 0 Å². The van der Waals surface area contributed by atoms with E-state index < -0.39 is 0 Å². The number of likely N-dealkylation sites (tertiary alicyclic amines) is 1. The summed E-state index contributed by atoms with van der Waals surface area (Å²) in [5.74, 6) is 0.567. The van der Waals surface area contributed by atoms with Crippen molar-refractivity contribution in [2.75, 3.05) is 13.1 Å². The predicted molar refractivity (Wildman–Crippen MR) is 102 cm³/mol. The largest absolute Gasteiger partial charge is 0.347 e. The molecule has 2 heterocycles. The van der Waals surface area contributed by atoms with Gasteiger partial charge in [-0.3, -0.25) is 4.79 Å². The van der Waals surface area contributed by atoms with E-state index in [1.54, 1.807) is 0 Å². The summed E-state index contributed by atoms with van der Waals surface area (Å²) in [6.07, 6.45) is 1.03. The number of para-hydroxylation sites is 1. The number of carbonyl (C=O) groups excluding carboxylic acids is 1. The van der Waals surface area contributed by atoms with Gasteiger partial charge in [-0.1, -0.05) is 24.3 Å². The van der Waals surface area contributed by atoms with E-state index in [9.17, 15) is 4.79 Å². The van der Waals surface area contributed by atoms with Crippen molar-refractivity contribution < 1.29 is 4.79 Å². The molecule has 1 aliphatic rings. The molecule has 25 heavy (non-hydrogen) atoms. The molecule has 4 rings (SSSR count). The number of hydrogen-bond donors (Lipinski definition) is 0. The third kappa shape index (κ3) is 2.74. The number of benzene rings is 2. The van der Waals surface area contributed by atoms with Crippen molar-refractivity contribution in [2.24, 2.45) is 7.05 Å². The number of rotatable bonds is 2. The molecule has 2 aromatic carbocycles. The summed E-state index contributed by atoms with van der Waals surface area (Å²) in [4.78, 5) is 14.9. The Morgan fingerprint density at radius 3 is 2.60 bits per heavy atom. The zero-order chi connectivity index (χ0) is 17.6. The van der Waals surface area contributed by atoms with Gasteiger partial charge in [0.15, 0.2) is 0 Å². The number of amides is 1. The van der Waals surface area contributed by atoms with Gasteiger partial charge in [0.1, 0.15) is 0 Å². The van der Waals surface area contributed by atoms with Crippen LogP contribution in [0.5, 0.6) is 0 Å². The molecule has 0 radical (unpaired) electrons. The van der Waals surface area contributed by atoms with Gasteiger partial charge in [-0.05, 0) is 61.0 Å². The van der Waals surface area contributed by atoms with E-state index >= 15 is 0 Å². The Morgan fingerprint density at radius 1 is 1.04 bits per heavy atom. The summed E-state index contributed by atoms with van der Waals surface area (Å²) >= 11 is 0. The van der Waals surface area contributed by atoms with Crippen LogP contribution in [0.15, 0.2) is 48.5 Å². The molecule has 0 bridgehead atoms. The second kappa shape index (κ2) is 6.07. The zero-order valence-electron chi connectivity index (χ0n) is 15.1. The van der Waals surface area contributed by atoms with E-state index in [0.717, 1.165) is 25.1 Å². The molecular formula is C22H24N2O. The first-order valence-electron chi connectivity index (χ1n) is 8.95. The standard InChI is InChI=1S/C22H24N2O/c1-15-8-9-18(12-16(15)2)22(25)24-11-10-19(14-24)21-13-17-6-4-5-7-20(17)23(21)3/h4-9,12-13,19H,10-11,14H2,1-3H3. The average Bonchev–Trinajstić information content (AvgIpc) is 3.22. The Labute approximate surface area is 148 Å². The van der Waals surface area contributed by atoms with Crippen LogP contribution < -0.4 is 0 Å². The van der Waals surface area contributed by atoms with Crippen molar-refractivity contribution in [2.45, 2.75) is 26.2 Å². The Kier molecular flexibility index (Phi) is 3.87. The van der Waals surface area contributed by atoms with Gasteiger partial charge < -0.3 is 9.47 Å². The molecule has 1 atom stereocenters. The molecule has 1 unspecified atom stereocenters. The number of aryl methyl sites for hydroxylation is 3. The monoisotopic (exact) mass is 332 g/mol. The minimum absolute atomic E-state index is 0.157. The third-order valence-corrected chi connectivity index (χ3v) is 5.64. The lowest BCUT2D eigenvalue weighted by Gasteiger charge is -2.18. The van der Waals surface area contributed by atoms with Gasteiger partial charge in [-0.15, -0.1) is 0 Å². The average molecular weight is 332 g/mol. The highest BCUT2D eigenvalue weighted by atomic mass is 16.2. The molecule has 3 heteroatoms. The summed E-state index contributed by atoms with van der Waals surface area (Å²) < 4.78 is 2.28. The van der Waals surface area contributed by atoms with Crippen molar-refractivity contribution in [3.63, 3.8) is 0 Å². The van der Waals surface area contributed by atoms with Crippen molar-refractivity contribution in [3.05, 3.63) is 70.9 Å². The maximum Gasteiger partial charge on any atom is 0.253 e. The Balaban J connectivity index is 1.57. The van der Waals surface area contributed by atoms with Crippen LogP contribution in [0.2, 0.25) is 0 Å². The van der Waals surface area contributed by atoms with Gasteiger partial charge >= 0.3 is 0 Å². The number of carbonyl (C=O) groups is 1. The fourth-order valence-corrected chi connectivity index (χ4v) is 3.95. The molecule has 128 valence electrons. The number of hydrogen-bond acceptors (Lipinski definition) is 1. The summed E-state index contributed by atoms with van der Waals surface area (Å²) in [5, 5.41) is 1.28. The summed E-state index contributed by atoms with van der Waals surface area (Å²) in [6, 6.07) is 16.8. The van der Waals surface area contributed by atoms with E-state index in [1.807, 2.05) is 23.1 Å². The predicted octanol–water partition coefficient (Wildman–Crippen LogP) is 4.42. The molecule has 0 spiro atoms. The van der Waals surface area contributed by atoms with Crippen LogP contribution in [0, 0.1) is 13.8 Å². The Morgan fingerprint density at radius 2 is 1.84 bits per heavy atom. The van der Waals surface area contributed by atoms with Crippen molar-refractivity contribution in [1.29, 1.82) is 0 Å². The Hall–Kier alpha value is -2.55. The van der Waals surface area contributed by atoms with Crippen LogP contribution in [-0.4, -0.2) is 28.5 Å². The van der Waals surface area contributed by atoms with Gasteiger partial charge in [-0.25, -0.2) is 0 Å². The van der Waals surface area contributed by atoms with E-state index in [-0.39, 0.29) is 5.91 Å². The number of aromatic nitrogens is 1. The molecule has 3 aromatic rings. The summed E-state index contributed by atoms with van der Waals surface area (Å²) in [5.41, 5.74) is 5.80. The Bertz CT molecular complexity index is 954. The second-order valence-corrected chi connectivity index (χ2v) is 7.22. The lowest BCUT2D eigenvalue weighted by atomic mass is 10.0. The van der Waals surface area contributed by atoms with Gasteiger partial charge in [0.2, 0.25) is 0 Å². The quantitative estimate of drug-likeness (QED) is 0.682. The van der Waals surface area contributed by atoms with Gasteiger partial charge in [-0.2, -0.15) is 0 Å². The summed E-state index contributed by atoms with van der Waals surface area (Å²) in [7, 11) is 2.13. The van der Waals surface area contributed by atoms with E-state index in [4.69, 9.17) is 0 Å². The first-order valence-corrected chi connectivity index (χ1v) is 8.95. The third-order valence-electron chi connectivity index (χ3n) is 5.64. The highest BCUT2D eigenvalue weighted by molar-refractivity contribution is 5.94. The lowest BCUT2D eigenvalue weighted by molar-refractivity contribution is 0.0790. The van der Waals surface area contributed by atoms with E-state index in [1.165, 1.54) is 27.7 Å². The van der Waals surface area contributed by atoms with Crippen LogP contribution in [-0.2, 0) is 7.05 Å². The lowest BCUT2D eigenvalue weighted by Crippen LogP contribution is -2.28. The molecule has 1 aromatic heterocycles. The molecule has 0 aliphatic carbocycles. The second-order valence-electron chi connectivity index (χ2n) is 7.22. The summed E-state index contributed by atoms with van der Waals surface area (Å²) in [6.45, 7) is 5.78. The van der Waals surface area contributed by atoms with Crippen molar-refractivity contribution in [1.82, 2.24) is 9.47 Å². The van der Waals surface area contributed by atoms with Crippen LogP contribution in [0.4, 0.5) is 0 Å². The van der Waals surface area contributed by atoms with Gasteiger partial charge in [0.25, 0.3) is 5.91 Å². The van der Waals surface area contributed by atoms with Crippen molar-refractivity contribution in [3.8, 4) is 0 Å². The highest BCUT2D eigenvalue weighted by Crippen LogP contribution is 2.32. The van der Waals surface area contributed by atoms with E-state index in [2.05, 4.69) is 55.8 Å². The minimum Gasteiger partial charge on any atom is -0.347 e. The van der Waals surface area contributed by atoms with Gasteiger partial charge in [0, 0.05) is 42.8 Å². The molecule has 1 saturated heterocycles. The molecule has 0 saturated carbocycles. The molecule has 3 nitrogen and oxygen atoms in total. The SMILES string of the molecule is Cc1ccc(C(=O)N2CCC(c3cc4ccccc4n3C)C2)cc1C. The molecule has 1 fully saturated rings. The van der Waals surface area contributed by atoms with Crippen LogP contribution in [0.1, 0.15) is 39.5 Å². The molecule has 0 N–H and O–H groups in total.